The Morgan fingerprint density at radius 2 is 1.92 bits per heavy atom. The van der Waals surface area contributed by atoms with Crippen LogP contribution >= 0.6 is 0 Å². The Morgan fingerprint density at radius 3 is 2.54 bits per heavy atom. The van der Waals surface area contributed by atoms with E-state index in [0.29, 0.717) is 6.04 Å². The van der Waals surface area contributed by atoms with Crippen LogP contribution in [0.1, 0.15) is 39.5 Å². The van der Waals surface area contributed by atoms with E-state index in [1.807, 2.05) is 0 Å². The predicted molar refractivity (Wildman–Crippen MR) is 58.0 cm³/mol. The van der Waals surface area contributed by atoms with Gasteiger partial charge < -0.3 is 10.2 Å². The Morgan fingerprint density at radius 1 is 1.23 bits per heavy atom. The summed E-state index contributed by atoms with van der Waals surface area (Å²) in [6, 6.07) is 0.685. The van der Waals surface area contributed by atoms with E-state index in [1.165, 1.54) is 45.3 Å². The molecule has 1 saturated heterocycles. The molecule has 1 rings (SSSR count). The van der Waals surface area contributed by atoms with E-state index in [0.717, 1.165) is 6.54 Å². The van der Waals surface area contributed by atoms with Gasteiger partial charge in [-0.15, -0.1) is 0 Å². The second-order valence-corrected chi connectivity index (χ2v) is 4.17. The van der Waals surface area contributed by atoms with Crippen LogP contribution in [-0.2, 0) is 0 Å². The fraction of sp³-hybridized carbons (Fsp3) is 1.00. The highest BCUT2D eigenvalue weighted by atomic mass is 15.1. The third-order valence-electron chi connectivity index (χ3n) is 2.98. The lowest BCUT2D eigenvalue weighted by atomic mass is 10.1. The lowest BCUT2D eigenvalue weighted by molar-refractivity contribution is 0.226. The summed E-state index contributed by atoms with van der Waals surface area (Å²) in [5.41, 5.74) is 0. The van der Waals surface area contributed by atoms with Crippen molar-refractivity contribution >= 4 is 0 Å². The van der Waals surface area contributed by atoms with Crippen LogP contribution in [0.4, 0.5) is 0 Å². The summed E-state index contributed by atoms with van der Waals surface area (Å²) in [6.07, 6.45) is 5.49. The van der Waals surface area contributed by atoms with E-state index < -0.39 is 0 Å². The quantitative estimate of drug-likeness (QED) is 0.701. The highest BCUT2D eigenvalue weighted by molar-refractivity contribution is 4.66. The van der Waals surface area contributed by atoms with Gasteiger partial charge in [0.25, 0.3) is 0 Å². The Labute approximate surface area is 82.7 Å². The molecule has 1 heterocycles. The van der Waals surface area contributed by atoms with Gasteiger partial charge in [-0.3, -0.25) is 0 Å². The maximum Gasteiger partial charge on any atom is 0.0107 e. The van der Waals surface area contributed by atoms with Crippen molar-refractivity contribution in [3.63, 3.8) is 0 Å². The van der Waals surface area contributed by atoms with E-state index in [9.17, 15) is 0 Å². The highest BCUT2D eigenvalue weighted by Gasteiger charge is 2.09. The van der Waals surface area contributed by atoms with Gasteiger partial charge >= 0.3 is 0 Å². The number of nitrogens with one attached hydrogen (secondary N) is 1. The molecule has 2 heteroatoms. The normalized spacial score (nSPS) is 21.7. The van der Waals surface area contributed by atoms with Gasteiger partial charge in [-0.1, -0.05) is 13.3 Å². The second-order valence-electron chi connectivity index (χ2n) is 4.17. The fourth-order valence-electron chi connectivity index (χ4n) is 1.80. The average Bonchev–Trinajstić information content (AvgIpc) is 2.19. The third-order valence-corrected chi connectivity index (χ3v) is 2.98. The number of likely N-dealkylation sites (tertiary alicyclic amines) is 1. The zero-order chi connectivity index (χ0) is 9.52. The summed E-state index contributed by atoms with van der Waals surface area (Å²) in [4.78, 5) is 2.58. The van der Waals surface area contributed by atoms with Crippen molar-refractivity contribution < 1.29 is 0 Å². The van der Waals surface area contributed by atoms with Gasteiger partial charge in [0.15, 0.2) is 0 Å². The average molecular weight is 184 g/mol. The highest BCUT2D eigenvalue weighted by Crippen LogP contribution is 2.07. The van der Waals surface area contributed by atoms with Gasteiger partial charge in [0, 0.05) is 19.1 Å². The molecule has 1 aliphatic heterocycles. The first-order valence-electron chi connectivity index (χ1n) is 5.78. The van der Waals surface area contributed by atoms with Gasteiger partial charge in [0.1, 0.15) is 0 Å². The van der Waals surface area contributed by atoms with Crippen molar-refractivity contribution in [2.45, 2.75) is 45.6 Å². The first-order valence-corrected chi connectivity index (χ1v) is 5.78. The zero-order valence-electron chi connectivity index (χ0n) is 9.18. The van der Waals surface area contributed by atoms with E-state index in [1.54, 1.807) is 0 Å². The zero-order valence-corrected chi connectivity index (χ0v) is 9.18. The van der Waals surface area contributed by atoms with Crippen LogP contribution in [0.5, 0.6) is 0 Å². The van der Waals surface area contributed by atoms with E-state index in [4.69, 9.17) is 0 Å². The third kappa shape index (κ3) is 4.63. The molecule has 78 valence electrons. The van der Waals surface area contributed by atoms with Crippen LogP contribution in [0, 0.1) is 0 Å². The summed E-state index contributed by atoms with van der Waals surface area (Å²) in [5.74, 6) is 0. The van der Waals surface area contributed by atoms with Crippen molar-refractivity contribution in [1.29, 1.82) is 0 Å². The van der Waals surface area contributed by atoms with E-state index in [-0.39, 0.29) is 0 Å². The van der Waals surface area contributed by atoms with Gasteiger partial charge in [-0.05, 0) is 39.3 Å². The van der Waals surface area contributed by atoms with Gasteiger partial charge in [-0.25, -0.2) is 0 Å². The minimum atomic E-state index is 0.685. The Hall–Kier alpha value is -0.0800. The lowest BCUT2D eigenvalue weighted by Gasteiger charge is -2.26. The molecule has 0 aromatic carbocycles. The van der Waals surface area contributed by atoms with Gasteiger partial charge in [0.05, 0.1) is 0 Å². The monoisotopic (exact) mass is 184 g/mol. The Bertz CT molecular complexity index is 119. The summed E-state index contributed by atoms with van der Waals surface area (Å²) in [6.45, 7) is 9.54. The lowest BCUT2D eigenvalue weighted by Crippen LogP contribution is -2.38. The SMILES string of the molecule is CCC(C)NCCN1CCCCC1. The van der Waals surface area contributed by atoms with E-state index in [2.05, 4.69) is 24.1 Å². The predicted octanol–water partition coefficient (Wildman–Crippen LogP) is 1.86. The molecule has 0 bridgehead atoms. The van der Waals surface area contributed by atoms with Crippen molar-refractivity contribution in [3.05, 3.63) is 0 Å². The number of rotatable bonds is 5. The molecule has 1 fully saturated rings. The van der Waals surface area contributed by atoms with Crippen LogP contribution in [0.3, 0.4) is 0 Å². The van der Waals surface area contributed by atoms with Crippen molar-refractivity contribution in [2.75, 3.05) is 26.2 Å². The molecule has 0 spiro atoms. The molecular formula is C11H24N2. The van der Waals surface area contributed by atoms with Crippen molar-refractivity contribution in [3.8, 4) is 0 Å². The molecule has 0 aromatic rings. The second kappa shape index (κ2) is 6.39. The van der Waals surface area contributed by atoms with Crippen LogP contribution in [0.25, 0.3) is 0 Å². The smallest absolute Gasteiger partial charge is 0.0107 e. The molecule has 0 radical (unpaired) electrons. The van der Waals surface area contributed by atoms with Gasteiger partial charge in [-0.2, -0.15) is 0 Å². The first-order chi connectivity index (χ1) is 6.33. The molecule has 1 aliphatic rings. The maximum atomic E-state index is 3.54. The molecule has 13 heavy (non-hydrogen) atoms. The largest absolute Gasteiger partial charge is 0.313 e. The standard InChI is InChI=1S/C11H24N2/c1-3-11(2)12-7-10-13-8-5-4-6-9-13/h11-12H,3-10H2,1-2H3. The molecule has 1 N–H and O–H groups in total. The topological polar surface area (TPSA) is 15.3 Å². The Balaban J connectivity index is 1.98. The van der Waals surface area contributed by atoms with Crippen LogP contribution in [-0.4, -0.2) is 37.1 Å². The minimum Gasteiger partial charge on any atom is -0.313 e. The fourth-order valence-corrected chi connectivity index (χ4v) is 1.80. The molecule has 0 aromatic heterocycles. The van der Waals surface area contributed by atoms with E-state index >= 15 is 0 Å². The molecule has 2 nitrogen and oxygen atoms in total. The Kier molecular flexibility index (Phi) is 5.40. The minimum absolute atomic E-state index is 0.685. The van der Waals surface area contributed by atoms with Crippen LogP contribution in [0.2, 0.25) is 0 Å². The molecule has 0 saturated carbocycles. The van der Waals surface area contributed by atoms with Crippen molar-refractivity contribution in [2.24, 2.45) is 0 Å². The number of hydrogen-bond donors (Lipinski definition) is 1. The molecule has 0 amide bonds. The first kappa shape index (κ1) is 11.0. The maximum absolute atomic E-state index is 3.54. The summed E-state index contributed by atoms with van der Waals surface area (Å²) in [5, 5.41) is 3.54. The molecule has 0 aliphatic carbocycles. The molecule has 1 atom stereocenters. The number of nitrogens with zero attached hydrogens (tertiary/aromatic N) is 1. The number of piperidine rings is 1. The van der Waals surface area contributed by atoms with Gasteiger partial charge in [0.2, 0.25) is 0 Å². The van der Waals surface area contributed by atoms with Crippen LogP contribution in [0.15, 0.2) is 0 Å². The molecule has 1 unspecified atom stereocenters. The summed E-state index contributed by atoms with van der Waals surface area (Å²) >= 11 is 0. The van der Waals surface area contributed by atoms with Crippen molar-refractivity contribution in [1.82, 2.24) is 10.2 Å². The summed E-state index contributed by atoms with van der Waals surface area (Å²) in [7, 11) is 0. The molecular weight excluding hydrogens is 160 g/mol. The van der Waals surface area contributed by atoms with Crippen LogP contribution < -0.4 is 5.32 Å². The summed E-state index contributed by atoms with van der Waals surface area (Å²) < 4.78 is 0. The number of hydrogen-bond acceptors (Lipinski definition) is 2.